The van der Waals surface area contributed by atoms with Gasteiger partial charge in [-0.3, -0.25) is 4.79 Å². The lowest BCUT2D eigenvalue weighted by atomic mass is 10.1. The predicted molar refractivity (Wildman–Crippen MR) is 68.2 cm³/mol. The third kappa shape index (κ3) is 4.49. The van der Waals surface area contributed by atoms with Crippen LogP contribution >= 0.6 is 11.6 Å². The lowest BCUT2D eigenvalue weighted by molar-refractivity contribution is -0.118. The summed E-state index contributed by atoms with van der Waals surface area (Å²) < 4.78 is 0. The molecule has 0 radical (unpaired) electrons. The van der Waals surface area contributed by atoms with Crippen molar-refractivity contribution in [1.82, 2.24) is 5.32 Å². The highest BCUT2D eigenvalue weighted by molar-refractivity contribution is 6.44. The Morgan fingerprint density at radius 3 is 2.31 bits per heavy atom. The summed E-state index contributed by atoms with van der Waals surface area (Å²) in [7, 11) is 0. The van der Waals surface area contributed by atoms with E-state index in [4.69, 9.17) is 11.6 Å². The van der Waals surface area contributed by atoms with Crippen LogP contribution in [0.3, 0.4) is 0 Å². The molecule has 0 unspecified atom stereocenters. The quantitative estimate of drug-likeness (QED) is 0.787. The summed E-state index contributed by atoms with van der Waals surface area (Å²) in [5.41, 5.74) is 0.637. The zero-order chi connectivity index (χ0) is 12.2. The maximum atomic E-state index is 11.7. The van der Waals surface area contributed by atoms with Crippen LogP contribution in [0.25, 0.3) is 6.08 Å². The van der Waals surface area contributed by atoms with Gasteiger partial charge in [0.2, 0.25) is 0 Å². The molecule has 0 aromatic heterocycles. The molecule has 0 heterocycles. The van der Waals surface area contributed by atoms with Crippen LogP contribution in [0.5, 0.6) is 0 Å². The molecule has 0 bridgehead atoms. The van der Waals surface area contributed by atoms with Gasteiger partial charge in [-0.05, 0) is 32.4 Å². The van der Waals surface area contributed by atoms with Crippen molar-refractivity contribution < 1.29 is 4.79 Å². The second kappa shape index (κ2) is 5.17. The zero-order valence-corrected chi connectivity index (χ0v) is 10.5. The maximum Gasteiger partial charge on any atom is 0.263 e. The van der Waals surface area contributed by atoms with Gasteiger partial charge in [0.25, 0.3) is 5.91 Å². The normalized spacial score (nSPS) is 12.4. The van der Waals surface area contributed by atoms with E-state index in [2.05, 4.69) is 5.32 Å². The van der Waals surface area contributed by atoms with E-state index in [1.807, 2.05) is 51.1 Å². The fraction of sp³-hybridized carbons (Fsp3) is 0.308. The highest BCUT2D eigenvalue weighted by Gasteiger charge is 2.15. The summed E-state index contributed by atoms with van der Waals surface area (Å²) in [6.07, 6.45) is 1.66. The Kier molecular flexibility index (Phi) is 4.13. The van der Waals surface area contributed by atoms with Crippen molar-refractivity contribution in [1.29, 1.82) is 0 Å². The molecule has 0 aliphatic heterocycles. The van der Waals surface area contributed by atoms with E-state index in [-0.39, 0.29) is 16.5 Å². The first kappa shape index (κ1) is 12.8. The van der Waals surface area contributed by atoms with Crippen molar-refractivity contribution >= 4 is 23.6 Å². The smallest absolute Gasteiger partial charge is 0.263 e. The molecular weight excluding hydrogens is 222 g/mol. The van der Waals surface area contributed by atoms with E-state index in [1.165, 1.54) is 0 Å². The molecule has 1 amide bonds. The molecule has 0 atom stereocenters. The fourth-order valence-electron chi connectivity index (χ4n) is 1.16. The Balaban J connectivity index is 2.75. The van der Waals surface area contributed by atoms with Gasteiger partial charge in [-0.1, -0.05) is 41.9 Å². The molecule has 3 heteroatoms. The van der Waals surface area contributed by atoms with Crippen LogP contribution in [-0.4, -0.2) is 11.4 Å². The highest BCUT2D eigenvalue weighted by Crippen LogP contribution is 2.11. The van der Waals surface area contributed by atoms with Gasteiger partial charge in [0.05, 0.1) is 0 Å². The van der Waals surface area contributed by atoms with Crippen molar-refractivity contribution in [2.75, 3.05) is 0 Å². The molecule has 0 aliphatic carbocycles. The van der Waals surface area contributed by atoms with E-state index in [0.29, 0.717) is 0 Å². The summed E-state index contributed by atoms with van der Waals surface area (Å²) in [5.74, 6) is -0.252. The van der Waals surface area contributed by atoms with Crippen molar-refractivity contribution in [3.63, 3.8) is 0 Å². The number of nitrogens with one attached hydrogen (secondary N) is 1. The second-order valence-corrected chi connectivity index (χ2v) is 5.01. The van der Waals surface area contributed by atoms with E-state index >= 15 is 0 Å². The van der Waals surface area contributed by atoms with Crippen molar-refractivity contribution in [3.05, 3.63) is 40.9 Å². The lowest BCUT2D eigenvalue weighted by Gasteiger charge is -2.20. The van der Waals surface area contributed by atoms with Gasteiger partial charge in [-0.25, -0.2) is 0 Å². The molecular formula is C13H16ClNO. The third-order valence-corrected chi connectivity index (χ3v) is 2.08. The maximum absolute atomic E-state index is 11.7. The Morgan fingerprint density at radius 1 is 1.25 bits per heavy atom. The number of amides is 1. The average molecular weight is 238 g/mol. The number of hydrogen-bond acceptors (Lipinski definition) is 1. The van der Waals surface area contributed by atoms with Crippen LogP contribution in [0, 0.1) is 0 Å². The molecule has 0 fully saturated rings. The molecule has 0 saturated heterocycles. The Hall–Kier alpha value is -1.28. The minimum absolute atomic E-state index is 0.195. The lowest BCUT2D eigenvalue weighted by Crippen LogP contribution is -2.40. The van der Waals surface area contributed by atoms with Gasteiger partial charge in [0, 0.05) is 5.54 Å². The number of carbonyl (C=O) groups excluding carboxylic acids is 1. The summed E-state index contributed by atoms with van der Waals surface area (Å²) in [5, 5.41) is 3.00. The molecule has 1 N–H and O–H groups in total. The molecule has 2 nitrogen and oxygen atoms in total. The van der Waals surface area contributed by atoms with Gasteiger partial charge >= 0.3 is 0 Å². The number of carbonyl (C=O) groups is 1. The van der Waals surface area contributed by atoms with Crippen LogP contribution in [-0.2, 0) is 4.79 Å². The summed E-state index contributed by atoms with van der Waals surface area (Å²) >= 11 is 5.92. The Morgan fingerprint density at radius 2 is 1.81 bits per heavy atom. The molecule has 0 spiro atoms. The number of halogens is 1. The van der Waals surface area contributed by atoms with E-state index in [9.17, 15) is 4.79 Å². The predicted octanol–water partition coefficient (Wildman–Crippen LogP) is 3.18. The minimum atomic E-state index is -0.276. The first-order valence-corrected chi connectivity index (χ1v) is 5.51. The SMILES string of the molecule is CC(C)(C)NC(=O)/C(Cl)=C/c1ccccc1. The van der Waals surface area contributed by atoms with E-state index in [1.54, 1.807) is 6.08 Å². The average Bonchev–Trinajstić information content (AvgIpc) is 2.16. The first-order valence-electron chi connectivity index (χ1n) is 5.13. The Labute approximate surface area is 101 Å². The van der Waals surface area contributed by atoms with E-state index < -0.39 is 0 Å². The van der Waals surface area contributed by atoms with Gasteiger partial charge in [0.15, 0.2) is 0 Å². The number of benzene rings is 1. The van der Waals surface area contributed by atoms with Crippen LogP contribution < -0.4 is 5.32 Å². The molecule has 1 aromatic rings. The number of hydrogen-bond donors (Lipinski definition) is 1. The van der Waals surface area contributed by atoms with Crippen LogP contribution in [0.4, 0.5) is 0 Å². The largest absolute Gasteiger partial charge is 0.347 e. The van der Waals surface area contributed by atoms with Crippen LogP contribution in [0.1, 0.15) is 26.3 Å². The fourth-order valence-corrected chi connectivity index (χ4v) is 1.33. The van der Waals surface area contributed by atoms with Crippen LogP contribution in [0.2, 0.25) is 0 Å². The van der Waals surface area contributed by atoms with Crippen molar-refractivity contribution in [3.8, 4) is 0 Å². The van der Waals surface area contributed by atoms with Crippen LogP contribution in [0.15, 0.2) is 35.4 Å². The minimum Gasteiger partial charge on any atom is -0.347 e. The molecule has 0 aliphatic rings. The summed E-state index contributed by atoms with van der Waals surface area (Å²) in [6, 6.07) is 9.51. The molecule has 0 saturated carbocycles. The zero-order valence-electron chi connectivity index (χ0n) is 9.75. The molecule has 16 heavy (non-hydrogen) atoms. The van der Waals surface area contributed by atoms with Gasteiger partial charge in [-0.2, -0.15) is 0 Å². The monoisotopic (exact) mass is 237 g/mol. The third-order valence-electron chi connectivity index (χ3n) is 1.80. The van der Waals surface area contributed by atoms with E-state index in [0.717, 1.165) is 5.56 Å². The van der Waals surface area contributed by atoms with Crippen molar-refractivity contribution in [2.45, 2.75) is 26.3 Å². The van der Waals surface area contributed by atoms with Crippen molar-refractivity contribution in [2.24, 2.45) is 0 Å². The summed E-state index contributed by atoms with van der Waals surface area (Å²) in [6.45, 7) is 5.74. The van der Waals surface area contributed by atoms with Gasteiger partial charge < -0.3 is 5.32 Å². The standard InChI is InChI=1S/C13H16ClNO/c1-13(2,3)15-12(16)11(14)9-10-7-5-4-6-8-10/h4-9H,1-3H3,(H,15,16)/b11-9-. The van der Waals surface area contributed by atoms with Gasteiger partial charge in [0.1, 0.15) is 5.03 Å². The van der Waals surface area contributed by atoms with Gasteiger partial charge in [-0.15, -0.1) is 0 Å². The highest BCUT2D eigenvalue weighted by atomic mass is 35.5. The molecule has 1 rings (SSSR count). The first-order chi connectivity index (χ1) is 7.38. The molecule has 86 valence electrons. The second-order valence-electron chi connectivity index (χ2n) is 4.61. The molecule has 1 aromatic carbocycles. The number of rotatable bonds is 2. The topological polar surface area (TPSA) is 29.1 Å². The summed E-state index contributed by atoms with van der Waals surface area (Å²) in [4.78, 5) is 11.7. The Bertz CT molecular complexity index is 390.